The lowest BCUT2D eigenvalue weighted by Crippen LogP contribution is -2.35. The molecule has 0 aliphatic carbocycles. The van der Waals surface area contributed by atoms with Crippen molar-refractivity contribution in [2.45, 2.75) is 20.4 Å². The van der Waals surface area contributed by atoms with Gasteiger partial charge < -0.3 is 24.3 Å². The Morgan fingerprint density at radius 3 is 2.42 bits per heavy atom. The molecule has 3 N–H and O–H groups in total. The molecule has 0 fully saturated rings. The van der Waals surface area contributed by atoms with E-state index in [9.17, 15) is 4.79 Å². The average Bonchev–Trinajstić information content (AvgIpc) is 2.94. The number of benzene rings is 1. The van der Waals surface area contributed by atoms with Crippen LogP contribution in [-0.4, -0.2) is 42.8 Å². The Balaban J connectivity index is 2.25. The molecule has 1 aromatic carbocycles. The minimum atomic E-state index is -1.02. The van der Waals surface area contributed by atoms with Crippen molar-refractivity contribution in [3.05, 3.63) is 35.2 Å². The lowest BCUT2D eigenvalue weighted by molar-refractivity contribution is -0.135. The number of carbonyl (C=O) groups is 1. The van der Waals surface area contributed by atoms with Gasteiger partial charge in [0.2, 0.25) is 0 Å². The zero-order valence-electron chi connectivity index (χ0n) is 15.1. The molecular weight excluding hydrogens is 340 g/mol. The number of aliphatic imine (C=N–C) groups is 1. The van der Waals surface area contributed by atoms with Crippen LogP contribution in [-0.2, 0) is 11.3 Å². The number of carboxylic acid groups (broad SMARTS) is 1. The molecule has 9 heteroatoms. The van der Waals surface area contributed by atoms with E-state index in [0.717, 1.165) is 11.3 Å². The summed E-state index contributed by atoms with van der Waals surface area (Å²) < 4.78 is 16.1. The molecule has 0 unspecified atom stereocenters. The fourth-order valence-corrected chi connectivity index (χ4v) is 2.17. The van der Waals surface area contributed by atoms with Crippen molar-refractivity contribution in [2.75, 3.05) is 26.1 Å². The van der Waals surface area contributed by atoms with Gasteiger partial charge in [-0.2, -0.15) is 4.98 Å². The first-order valence-corrected chi connectivity index (χ1v) is 7.85. The van der Waals surface area contributed by atoms with Crippen LogP contribution in [0.2, 0.25) is 0 Å². The molecule has 0 radical (unpaired) electrons. The molecule has 0 amide bonds. The van der Waals surface area contributed by atoms with Gasteiger partial charge in [-0.25, -0.2) is 4.99 Å². The standard InChI is InChI=1S/C17H22N4O5/c1-10-11(2)26-17(20-10)21-16(19-9-15(22)23)18-8-12-13(24-3)6-5-7-14(12)25-4/h5-7H,8-9H2,1-4H3,(H,22,23)(H2,18,19,20,21). The molecule has 0 saturated carbocycles. The fourth-order valence-electron chi connectivity index (χ4n) is 2.17. The minimum Gasteiger partial charge on any atom is -0.496 e. The van der Waals surface area contributed by atoms with Gasteiger partial charge in [-0.15, -0.1) is 0 Å². The van der Waals surface area contributed by atoms with Crippen LogP contribution in [0.3, 0.4) is 0 Å². The molecule has 26 heavy (non-hydrogen) atoms. The smallest absolute Gasteiger partial charge is 0.322 e. The third kappa shape index (κ3) is 4.88. The van der Waals surface area contributed by atoms with Gasteiger partial charge in [-0.05, 0) is 26.0 Å². The van der Waals surface area contributed by atoms with Crippen LogP contribution in [0.15, 0.2) is 27.6 Å². The molecule has 0 bridgehead atoms. The molecule has 2 aromatic rings. The highest BCUT2D eigenvalue weighted by molar-refractivity contribution is 5.93. The Bertz CT molecular complexity index is 759. The number of aliphatic carboxylic acids is 1. The summed E-state index contributed by atoms with van der Waals surface area (Å²) >= 11 is 0. The molecule has 0 atom stereocenters. The van der Waals surface area contributed by atoms with Crippen molar-refractivity contribution >= 4 is 17.9 Å². The van der Waals surface area contributed by atoms with Gasteiger partial charge in [0, 0.05) is 0 Å². The second-order valence-corrected chi connectivity index (χ2v) is 5.34. The first-order chi connectivity index (χ1) is 12.4. The van der Waals surface area contributed by atoms with Crippen LogP contribution in [0.4, 0.5) is 6.01 Å². The van der Waals surface area contributed by atoms with Gasteiger partial charge in [0.1, 0.15) is 23.8 Å². The number of aromatic nitrogens is 1. The number of rotatable bonds is 7. The number of hydrogen-bond donors (Lipinski definition) is 3. The Hall–Kier alpha value is -3.23. The van der Waals surface area contributed by atoms with Crippen LogP contribution in [0, 0.1) is 13.8 Å². The largest absolute Gasteiger partial charge is 0.496 e. The Morgan fingerprint density at radius 2 is 1.92 bits per heavy atom. The highest BCUT2D eigenvalue weighted by Crippen LogP contribution is 2.28. The van der Waals surface area contributed by atoms with E-state index in [0.29, 0.717) is 17.3 Å². The Morgan fingerprint density at radius 1 is 1.27 bits per heavy atom. The molecular formula is C17H22N4O5. The summed E-state index contributed by atoms with van der Waals surface area (Å²) in [7, 11) is 3.12. The van der Waals surface area contributed by atoms with Gasteiger partial charge in [0.25, 0.3) is 0 Å². The average molecular weight is 362 g/mol. The number of hydrogen-bond acceptors (Lipinski definition) is 6. The summed E-state index contributed by atoms with van der Waals surface area (Å²) in [4.78, 5) is 19.5. The molecule has 1 aromatic heterocycles. The highest BCUT2D eigenvalue weighted by atomic mass is 16.5. The van der Waals surface area contributed by atoms with Crippen LogP contribution < -0.4 is 20.1 Å². The lowest BCUT2D eigenvalue weighted by atomic mass is 10.2. The number of anilines is 1. The fraction of sp³-hybridized carbons (Fsp3) is 0.353. The normalized spacial score (nSPS) is 11.2. The maximum absolute atomic E-state index is 10.9. The molecule has 140 valence electrons. The molecule has 0 saturated heterocycles. The van der Waals surface area contributed by atoms with Gasteiger partial charge in [-0.1, -0.05) is 6.07 Å². The number of aryl methyl sites for hydroxylation is 2. The molecule has 0 aliphatic rings. The number of ether oxygens (including phenoxy) is 2. The van der Waals surface area contributed by atoms with E-state index >= 15 is 0 Å². The van der Waals surface area contributed by atoms with E-state index in [-0.39, 0.29) is 25.1 Å². The molecule has 0 aliphatic heterocycles. The van der Waals surface area contributed by atoms with Crippen LogP contribution in [0.25, 0.3) is 0 Å². The van der Waals surface area contributed by atoms with E-state index in [1.165, 1.54) is 0 Å². The second kappa shape index (κ2) is 8.75. The minimum absolute atomic E-state index is 0.195. The van der Waals surface area contributed by atoms with Crippen molar-refractivity contribution in [1.29, 1.82) is 0 Å². The summed E-state index contributed by atoms with van der Waals surface area (Å²) in [5, 5.41) is 14.5. The van der Waals surface area contributed by atoms with E-state index < -0.39 is 5.97 Å². The summed E-state index contributed by atoms with van der Waals surface area (Å²) in [5.41, 5.74) is 1.46. The van der Waals surface area contributed by atoms with Crippen LogP contribution in [0.1, 0.15) is 17.0 Å². The van der Waals surface area contributed by atoms with Gasteiger partial charge in [0.15, 0.2) is 5.96 Å². The van der Waals surface area contributed by atoms with Crippen molar-refractivity contribution in [2.24, 2.45) is 4.99 Å². The topological polar surface area (TPSA) is 118 Å². The summed E-state index contributed by atoms with van der Waals surface area (Å²) in [6.45, 7) is 3.48. The molecule has 9 nitrogen and oxygen atoms in total. The van der Waals surface area contributed by atoms with Crippen LogP contribution in [0.5, 0.6) is 11.5 Å². The third-order valence-electron chi connectivity index (χ3n) is 3.59. The summed E-state index contributed by atoms with van der Waals surface area (Å²) in [6.07, 6.45) is 0. The van der Waals surface area contributed by atoms with E-state index in [2.05, 4.69) is 20.6 Å². The van der Waals surface area contributed by atoms with Gasteiger partial charge >= 0.3 is 12.0 Å². The highest BCUT2D eigenvalue weighted by Gasteiger charge is 2.12. The molecule has 0 spiro atoms. The van der Waals surface area contributed by atoms with Crippen molar-refractivity contribution in [3.63, 3.8) is 0 Å². The van der Waals surface area contributed by atoms with Crippen molar-refractivity contribution < 1.29 is 23.8 Å². The van der Waals surface area contributed by atoms with Gasteiger partial charge in [0.05, 0.1) is 32.0 Å². The first-order valence-electron chi connectivity index (χ1n) is 7.85. The maximum Gasteiger partial charge on any atom is 0.322 e. The second-order valence-electron chi connectivity index (χ2n) is 5.34. The number of oxazole rings is 1. The van der Waals surface area contributed by atoms with E-state index in [1.807, 2.05) is 13.0 Å². The zero-order valence-corrected chi connectivity index (χ0v) is 15.1. The van der Waals surface area contributed by atoms with E-state index in [1.54, 1.807) is 33.3 Å². The van der Waals surface area contributed by atoms with Crippen LogP contribution >= 0.6 is 0 Å². The molecule has 1 heterocycles. The van der Waals surface area contributed by atoms with Crippen molar-refractivity contribution in [1.82, 2.24) is 10.3 Å². The summed E-state index contributed by atoms with van der Waals surface area (Å²) in [6, 6.07) is 5.63. The first kappa shape index (κ1) is 19.1. The van der Waals surface area contributed by atoms with E-state index in [4.69, 9.17) is 19.0 Å². The monoisotopic (exact) mass is 362 g/mol. The third-order valence-corrected chi connectivity index (χ3v) is 3.59. The van der Waals surface area contributed by atoms with Gasteiger partial charge in [-0.3, -0.25) is 10.1 Å². The SMILES string of the molecule is COc1cccc(OC)c1CN=C(NCC(=O)O)Nc1nc(C)c(C)o1. The number of carboxylic acids is 1. The Labute approximate surface area is 151 Å². The van der Waals surface area contributed by atoms with Crippen molar-refractivity contribution in [3.8, 4) is 11.5 Å². The maximum atomic E-state index is 10.9. The summed E-state index contributed by atoms with van der Waals surface area (Å²) in [5.74, 6) is 1.09. The zero-order chi connectivity index (χ0) is 19.1. The number of guanidine groups is 1. The quantitative estimate of drug-likeness (QED) is 0.505. The molecule has 2 rings (SSSR count). The number of nitrogens with zero attached hydrogens (tertiary/aromatic N) is 2. The predicted octanol–water partition coefficient (Wildman–Crippen LogP) is 1.95. The number of nitrogens with one attached hydrogen (secondary N) is 2. The Kier molecular flexibility index (Phi) is 6.42. The lowest BCUT2D eigenvalue weighted by Gasteiger charge is -2.13. The number of methoxy groups -OCH3 is 2. The predicted molar refractivity (Wildman–Crippen MR) is 95.9 cm³/mol.